The van der Waals surface area contributed by atoms with Crippen LogP contribution >= 0.6 is 0 Å². The molecule has 0 aromatic heterocycles. The summed E-state index contributed by atoms with van der Waals surface area (Å²) >= 11 is 0. The van der Waals surface area contributed by atoms with Crippen LogP contribution in [0, 0.1) is 0 Å². The van der Waals surface area contributed by atoms with Gasteiger partial charge in [0.15, 0.2) is 0 Å². The van der Waals surface area contributed by atoms with Crippen molar-refractivity contribution in [1.29, 1.82) is 0 Å². The summed E-state index contributed by atoms with van der Waals surface area (Å²) in [5, 5.41) is 7.83. The molecule has 1 aromatic carbocycles. The molecule has 0 saturated carbocycles. The molecule has 6 heteroatoms. The summed E-state index contributed by atoms with van der Waals surface area (Å²) in [5.41, 5.74) is 1.18. The van der Waals surface area contributed by atoms with E-state index in [1.165, 1.54) is 5.56 Å². The van der Waals surface area contributed by atoms with Gasteiger partial charge in [-0.25, -0.2) is 13.6 Å². The molecule has 124 valence electrons. The predicted molar refractivity (Wildman–Crippen MR) is 88.9 cm³/mol. The van der Waals surface area contributed by atoms with Crippen LogP contribution < -0.4 is 10.5 Å². The molecule has 1 aromatic rings. The number of rotatable bonds is 8. The van der Waals surface area contributed by atoms with Crippen molar-refractivity contribution >= 4 is 15.9 Å². The fourth-order valence-electron chi connectivity index (χ4n) is 2.60. The summed E-state index contributed by atoms with van der Waals surface area (Å²) in [6.45, 7) is 6.25. The van der Waals surface area contributed by atoms with E-state index in [-0.39, 0.29) is 36.0 Å². The van der Waals surface area contributed by atoms with Crippen molar-refractivity contribution in [3.05, 3.63) is 35.9 Å². The first-order valence-corrected chi connectivity index (χ1v) is 9.17. The first kappa shape index (κ1) is 18.6. The minimum Gasteiger partial charge on any atom is -0.354 e. The van der Waals surface area contributed by atoms with Gasteiger partial charge >= 0.3 is 0 Å². The Bertz CT molecular complexity index is 583. The monoisotopic (exact) mass is 326 g/mol. The Labute approximate surface area is 133 Å². The van der Waals surface area contributed by atoms with Crippen molar-refractivity contribution in [3.63, 3.8) is 0 Å². The van der Waals surface area contributed by atoms with E-state index in [1.54, 1.807) is 0 Å². The number of benzene rings is 1. The lowest BCUT2D eigenvalue weighted by atomic mass is 9.79. The second-order valence-electron chi connectivity index (χ2n) is 6.39. The Hall–Kier alpha value is -1.40. The topological polar surface area (TPSA) is 89.3 Å². The average Bonchev–Trinajstić information content (AvgIpc) is 2.37. The maximum absolute atomic E-state index is 11.8. The van der Waals surface area contributed by atoms with Crippen LogP contribution in [0.5, 0.6) is 0 Å². The lowest BCUT2D eigenvalue weighted by Gasteiger charge is -2.29. The first-order valence-electron chi connectivity index (χ1n) is 7.45. The number of nitrogens with one attached hydrogen (secondary N) is 1. The van der Waals surface area contributed by atoms with E-state index < -0.39 is 10.0 Å². The lowest BCUT2D eigenvalue weighted by Crippen LogP contribution is -2.37. The van der Waals surface area contributed by atoms with Crippen molar-refractivity contribution in [2.24, 2.45) is 5.14 Å². The molecule has 0 heterocycles. The highest BCUT2D eigenvalue weighted by atomic mass is 32.2. The van der Waals surface area contributed by atoms with Gasteiger partial charge in [-0.05, 0) is 30.7 Å². The predicted octanol–water partition coefficient (Wildman–Crippen LogP) is 1.93. The summed E-state index contributed by atoms with van der Waals surface area (Å²) in [7, 11) is -3.49. The van der Waals surface area contributed by atoms with Crippen molar-refractivity contribution in [3.8, 4) is 0 Å². The summed E-state index contributed by atoms with van der Waals surface area (Å²) in [4.78, 5) is 11.8. The summed E-state index contributed by atoms with van der Waals surface area (Å²) in [6.07, 6.45) is 1.23. The van der Waals surface area contributed by atoms with Crippen LogP contribution in [-0.4, -0.2) is 26.1 Å². The number of hydrogen-bond acceptors (Lipinski definition) is 3. The van der Waals surface area contributed by atoms with Crippen LogP contribution in [0.1, 0.15) is 45.6 Å². The SMILES string of the molecule is CC(CC(C)(C)c1ccccc1)NC(=O)CCCS(N)(=O)=O. The molecule has 0 aliphatic rings. The summed E-state index contributed by atoms with van der Waals surface area (Å²) < 4.78 is 21.7. The molecule has 0 aliphatic heterocycles. The zero-order chi connectivity index (χ0) is 16.8. The van der Waals surface area contributed by atoms with Gasteiger partial charge < -0.3 is 5.32 Å². The largest absolute Gasteiger partial charge is 0.354 e. The van der Waals surface area contributed by atoms with Gasteiger partial charge in [-0.15, -0.1) is 0 Å². The zero-order valence-corrected chi connectivity index (χ0v) is 14.3. The molecule has 3 N–H and O–H groups in total. The molecule has 1 atom stereocenters. The van der Waals surface area contributed by atoms with Crippen molar-refractivity contribution < 1.29 is 13.2 Å². The quantitative estimate of drug-likeness (QED) is 0.765. The molecule has 1 amide bonds. The highest BCUT2D eigenvalue weighted by Crippen LogP contribution is 2.28. The Morgan fingerprint density at radius 1 is 1.27 bits per heavy atom. The Balaban J connectivity index is 2.45. The van der Waals surface area contributed by atoms with Gasteiger partial charge in [0.25, 0.3) is 0 Å². The van der Waals surface area contributed by atoms with Gasteiger partial charge in [0.05, 0.1) is 5.75 Å². The van der Waals surface area contributed by atoms with E-state index >= 15 is 0 Å². The number of primary sulfonamides is 1. The van der Waals surface area contributed by atoms with Crippen LogP contribution in [-0.2, 0) is 20.2 Å². The van der Waals surface area contributed by atoms with Gasteiger partial charge in [-0.3, -0.25) is 4.79 Å². The van der Waals surface area contributed by atoms with Crippen molar-refractivity contribution in [2.75, 3.05) is 5.75 Å². The molecule has 1 rings (SSSR count). The van der Waals surface area contributed by atoms with E-state index in [9.17, 15) is 13.2 Å². The summed E-state index contributed by atoms with van der Waals surface area (Å²) in [6, 6.07) is 10.2. The van der Waals surface area contributed by atoms with E-state index in [0.717, 1.165) is 6.42 Å². The number of carbonyl (C=O) groups excluding carboxylic acids is 1. The van der Waals surface area contributed by atoms with Gasteiger partial charge in [-0.2, -0.15) is 0 Å². The van der Waals surface area contributed by atoms with E-state index in [4.69, 9.17) is 5.14 Å². The molecule has 22 heavy (non-hydrogen) atoms. The van der Waals surface area contributed by atoms with Crippen LogP contribution in [0.15, 0.2) is 30.3 Å². The second kappa shape index (κ2) is 7.74. The number of carbonyl (C=O) groups is 1. The molecule has 0 spiro atoms. The molecule has 0 aliphatic carbocycles. The van der Waals surface area contributed by atoms with Crippen molar-refractivity contribution in [1.82, 2.24) is 5.32 Å². The van der Waals surface area contributed by atoms with Crippen LogP contribution in [0.25, 0.3) is 0 Å². The molecule has 0 fully saturated rings. The number of nitrogens with two attached hydrogens (primary N) is 1. The van der Waals surface area contributed by atoms with E-state index in [1.807, 2.05) is 25.1 Å². The normalized spacial score (nSPS) is 13.6. The first-order chi connectivity index (χ1) is 10.1. The molecule has 0 bridgehead atoms. The lowest BCUT2D eigenvalue weighted by molar-refractivity contribution is -0.121. The second-order valence-corrected chi connectivity index (χ2v) is 8.13. The standard InChI is InChI=1S/C16H26N2O3S/c1-13(18-15(19)10-7-11-22(17,20)21)12-16(2,3)14-8-5-4-6-9-14/h4-6,8-9,13H,7,10-12H2,1-3H3,(H,18,19)(H2,17,20,21). The van der Waals surface area contributed by atoms with E-state index in [0.29, 0.717) is 0 Å². The number of sulfonamides is 1. The Morgan fingerprint density at radius 3 is 2.41 bits per heavy atom. The molecule has 0 radical (unpaired) electrons. The van der Waals surface area contributed by atoms with Gasteiger partial charge in [0, 0.05) is 12.5 Å². The fourth-order valence-corrected chi connectivity index (χ4v) is 3.15. The molecule has 5 nitrogen and oxygen atoms in total. The third-order valence-electron chi connectivity index (χ3n) is 3.61. The zero-order valence-electron chi connectivity index (χ0n) is 13.5. The minimum atomic E-state index is -3.49. The number of amides is 1. The highest BCUT2D eigenvalue weighted by Gasteiger charge is 2.23. The molecular formula is C16H26N2O3S. The molecule has 1 unspecified atom stereocenters. The minimum absolute atomic E-state index is 0.0113. The van der Waals surface area contributed by atoms with E-state index in [2.05, 4.69) is 31.3 Å². The van der Waals surface area contributed by atoms with Gasteiger partial charge in [0.1, 0.15) is 0 Å². The van der Waals surface area contributed by atoms with Crippen LogP contribution in [0.2, 0.25) is 0 Å². The molecule has 0 saturated heterocycles. The average molecular weight is 326 g/mol. The fraction of sp³-hybridized carbons (Fsp3) is 0.562. The third-order valence-corrected chi connectivity index (χ3v) is 4.47. The highest BCUT2D eigenvalue weighted by molar-refractivity contribution is 7.89. The molecular weight excluding hydrogens is 300 g/mol. The summed E-state index contributed by atoms with van der Waals surface area (Å²) in [5.74, 6) is -0.301. The van der Waals surface area contributed by atoms with Crippen molar-refractivity contribution in [2.45, 2.75) is 51.5 Å². The van der Waals surface area contributed by atoms with Crippen LogP contribution in [0.3, 0.4) is 0 Å². The van der Waals surface area contributed by atoms with Gasteiger partial charge in [-0.1, -0.05) is 44.2 Å². The maximum atomic E-state index is 11.8. The third kappa shape index (κ3) is 7.04. The Morgan fingerprint density at radius 2 is 1.86 bits per heavy atom. The van der Waals surface area contributed by atoms with Crippen LogP contribution in [0.4, 0.5) is 0 Å². The maximum Gasteiger partial charge on any atom is 0.220 e. The smallest absolute Gasteiger partial charge is 0.220 e. The Kier molecular flexibility index (Phi) is 6.56. The number of hydrogen-bond donors (Lipinski definition) is 2. The van der Waals surface area contributed by atoms with Gasteiger partial charge in [0.2, 0.25) is 15.9 Å².